The Balaban J connectivity index is 1.92. The third-order valence-electron chi connectivity index (χ3n) is 7.04. The number of carbonyl (C=O) groups excluding carboxylic acids is 1. The number of ether oxygens (including phenoxy) is 3. The third-order valence-corrected chi connectivity index (χ3v) is 7.04. The Hall–Kier alpha value is -1.09. The Bertz CT molecular complexity index is 606. The summed E-state index contributed by atoms with van der Waals surface area (Å²) < 4.78 is 45.9. The van der Waals surface area contributed by atoms with Crippen molar-refractivity contribution in [3.63, 3.8) is 0 Å². The van der Waals surface area contributed by atoms with Crippen molar-refractivity contribution in [1.82, 2.24) is 0 Å². The second-order valence-electron chi connectivity index (χ2n) is 9.38. The minimum atomic E-state index is -3.10. The van der Waals surface area contributed by atoms with Crippen molar-refractivity contribution in [2.24, 2.45) is 11.8 Å². The molecule has 0 radical (unpaired) electrons. The predicted molar refractivity (Wildman–Crippen MR) is 121 cm³/mol. The maximum Gasteiger partial charge on any atom is 0.305 e. The Morgan fingerprint density at radius 2 is 1.79 bits per heavy atom. The first-order valence-corrected chi connectivity index (χ1v) is 12.5. The number of esters is 1. The van der Waals surface area contributed by atoms with E-state index in [9.17, 15) is 15.0 Å². The van der Waals surface area contributed by atoms with Crippen LogP contribution in [0.4, 0.5) is 8.78 Å². The normalized spacial score (nSPS) is 27.5. The highest BCUT2D eigenvalue weighted by atomic mass is 19.3. The molecule has 1 aliphatic heterocycles. The molecule has 2 fully saturated rings. The molecular weight excluding hydrogens is 434 g/mol. The van der Waals surface area contributed by atoms with Gasteiger partial charge in [-0.3, -0.25) is 4.79 Å². The van der Waals surface area contributed by atoms with Crippen molar-refractivity contribution in [2.75, 3.05) is 20.3 Å². The van der Waals surface area contributed by atoms with Crippen molar-refractivity contribution in [3.8, 4) is 0 Å². The lowest BCUT2D eigenvalue weighted by atomic mass is 9.84. The van der Waals surface area contributed by atoms with E-state index in [1.165, 1.54) is 7.11 Å². The lowest BCUT2D eigenvalue weighted by Gasteiger charge is -2.37. The van der Waals surface area contributed by atoms with Gasteiger partial charge in [0, 0.05) is 19.3 Å². The molecule has 6 nitrogen and oxygen atoms in total. The number of hydrogen-bond acceptors (Lipinski definition) is 6. The number of halogens is 2. The molecule has 0 bridgehead atoms. The molecule has 2 N–H and O–H groups in total. The monoisotopic (exact) mass is 476 g/mol. The summed E-state index contributed by atoms with van der Waals surface area (Å²) in [5.74, 6) is -5.81. The van der Waals surface area contributed by atoms with Gasteiger partial charge in [0.05, 0.1) is 32.5 Å². The fourth-order valence-electron chi connectivity index (χ4n) is 5.06. The van der Waals surface area contributed by atoms with Gasteiger partial charge in [0.15, 0.2) is 0 Å². The largest absolute Gasteiger partial charge is 0.469 e. The average Bonchev–Trinajstić information content (AvgIpc) is 3.37. The van der Waals surface area contributed by atoms with E-state index in [2.05, 4.69) is 4.74 Å². The number of unbranched alkanes of at least 4 members (excludes halogenated alkanes) is 4. The van der Waals surface area contributed by atoms with Crippen LogP contribution < -0.4 is 0 Å². The van der Waals surface area contributed by atoms with Crippen LogP contribution >= 0.6 is 0 Å². The Morgan fingerprint density at radius 3 is 2.45 bits per heavy atom. The number of aliphatic hydroxyl groups excluding tert-OH is 2. The highest BCUT2D eigenvalue weighted by Gasteiger charge is 2.58. The summed E-state index contributed by atoms with van der Waals surface area (Å²) in [6.45, 7) is 2.31. The average molecular weight is 477 g/mol. The molecule has 0 aromatic rings. The van der Waals surface area contributed by atoms with Crippen molar-refractivity contribution in [3.05, 3.63) is 12.2 Å². The summed E-state index contributed by atoms with van der Waals surface area (Å²) in [5, 5.41) is 21.0. The standard InChI is InChI=1S/C25H42F2O6/c1-3-4-5-10-14-24(26,27)25(32-16-17-33-25)15-13-20-19(21(28)18-22(20)29)11-8-6-7-9-12-23(30)31-2/h6,8,19-22,28-29H,3-5,7,9-18H2,1-2H3/b8-6-/t19-,20-,21?,22-/m1/s1. The number of rotatable bonds is 15. The Kier molecular flexibility index (Phi) is 11.7. The molecule has 0 spiro atoms. The van der Waals surface area contributed by atoms with E-state index >= 15 is 8.78 Å². The minimum Gasteiger partial charge on any atom is -0.469 e. The summed E-state index contributed by atoms with van der Waals surface area (Å²) in [6.07, 6.45) is 8.08. The fourth-order valence-corrected chi connectivity index (χ4v) is 5.06. The van der Waals surface area contributed by atoms with E-state index in [-0.39, 0.29) is 50.3 Å². The van der Waals surface area contributed by atoms with Crippen LogP contribution in [-0.2, 0) is 19.0 Å². The summed E-state index contributed by atoms with van der Waals surface area (Å²) >= 11 is 0. The zero-order chi connectivity index (χ0) is 24.3. The van der Waals surface area contributed by atoms with Crippen molar-refractivity contribution < 1.29 is 38.0 Å². The molecule has 0 aromatic carbocycles. The number of allylic oxidation sites excluding steroid dienone is 2. The number of carbonyl (C=O) groups is 1. The van der Waals surface area contributed by atoms with Crippen LogP contribution in [0.25, 0.3) is 0 Å². The molecular formula is C25H42F2O6. The van der Waals surface area contributed by atoms with Gasteiger partial charge in [0.2, 0.25) is 5.79 Å². The van der Waals surface area contributed by atoms with E-state index in [4.69, 9.17) is 9.47 Å². The van der Waals surface area contributed by atoms with Gasteiger partial charge < -0.3 is 24.4 Å². The molecule has 1 saturated carbocycles. The first-order chi connectivity index (χ1) is 15.8. The van der Waals surface area contributed by atoms with Gasteiger partial charge in [-0.05, 0) is 50.4 Å². The van der Waals surface area contributed by atoms with E-state index in [0.29, 0.717) is 38.5 Å². The van der Waals surface area contributed by atoms with Crippen LogP contribution in [0.1, 0.15) is 84.0 Å². The van der Waals surface area contributed by atoms with E-state index in [1.54, 1.807) is 0 Å². The molecule has 2 aliphatic rings. The molecule has 33 heavy (non-hydrogen) atoms. The molecule has 1 aliphatic carbocycles. The number of hydrogen-bond donors (Lipinski definition) is 2. The van der Waals surface area contributed by atoms with Crippen LogP contribution in [0.2, 0.25) is 0 Å². The molecule has 2 rings (SSSR count). The van der Waals surface area contributed by atoms with Gasteiger partial charge in [0.1, 0.15) is 0 Å². The lowest BCUT2D eigenvalue weighted by molar-refractivity contribution is -0.297. The second-order valence-corrected chi connectivity index (χ2v) is 9.38. The minimum absolute atomic E-state index is 0.0123. The van der Waals surface area contributed by atoms with Gasteiger partial charge in [-0.25, -0.2) is 8.78 Å². The number of alkyl halides is 2. The van der Waals surface area contributed by atoms with Crippen LogP contribution in [0, 0.1) is 11.8 Å². The SMILES string of the molecule is CCCCCCC(F)(F)C1(CC[C@H]2[C@H](O)CC(O)[C@@H]2C/C=C\CCCC(=O)OC)OCCO1. The van der Waals surface area contributed by atoms with Crippen LogP contribution in [0.5, 0.6) is 0 Å². The number of aliphatic hydroxyl groups is 2. The van der Waals surface area contributed by atoms with Gasteiger partial charge >= 0.3 is 11.9 Å². The fraction of sp³-hybridized carbons (Fsp3) is 0.880. The quantitative estimate of drug-likeness (QED) is 0.201. The highest BCUT2D eigenvalue weighted by molar-refractivity contribution is 5.69. The molecule has 1 heterocycles. The van der Waals surface area contributed by atoms with Crippen LogP contribution in [-0.4, -0.2) is 60.4 Å². The molecule has 4 atom stereocenters. The van der Waals surface area contributed by atoms with Crippen molar-refractivity contribution >= 4 is 5.97 Å². The smallest absolute Gasteiger partial charge is 0.305 e. The van der Waals surface area contributed by atoms with Crippen LogP contribution in [0.15, 0.2) is 12.2 Å². The molecule has 192 valence electrons. The van der Waals surface area contributed by atoms with Gasteiger partial charge in [-0.2, -0.15) is 0 Å². The number of methoxy groups -OCH3 is 1. The van der Waals surface area contributed by atoms with Crippen molar-refractivity contribution in [2.45, 2.75) is 108 Å². The zero-order valence-corrected chi connectivity index (χ0v) is 20.1. The third kappa shape index (κ3) is 7.98. The van der Waals surface area contributed by atoms with Gasteiger partial charge in [-0.15, -0.1) is 0 Å². The molecule has 0 aromatic heterocycles. The topological polar surface area (TPSA) is 85.2 Å². The first kappa shape index (κ1) is 28.1. The summed E-state index contributed by atoms with van der Waals surface area (Å²) in [7, 11) is 1.36. The summed E-state index contributed by atoms with van der Waals surface area (Å²) in [5.41, 5.74) is 0. The predicted octanol–water partition coefficient (Wildman–Crippen LogP) is 4.76. The second kappa shape index (κ2) is 13.7. The maximum absolute atomic E-state index is 15.2. The summed E-state index contributed by atoms with van der Waals surface area (Å²) in [4.78, 5) is 11.2. The van der Waals surface area contributed by atoms with Gasteiger partial charge in [0.25, 0.3) is 0 Å². The zero-order valence-electron chi connectivity index (χ0n) is 20.1. The lowest BCUT2D eigenvalue weighted by Crippen LogP contribution is -2.49. The van der Waals surface area contributed by atoms with Gasteiger partial charge in [-0.1, -0.05) is 38.3 Å². The van der Waals surface area contributed by atoms with E-state index in [1.807, 2.05) is 19.1 Å². The molecule has 1 saturated heterocycles. The highest BCUT2D eigenvalue weighted by Crippen LogP contribution is 2.46. The van der Waals surface area contributed by atoms with E-state index < -0.39 is 23.9 Å². The molecule has 1 unspecified atom stereocenters. The van der Waals surface area contributed by atoms with E-state index in [0.717, 1.165) is 19.3 Å². The Labute approximate surface area is 196 Å². The Morgan fingerprint density at radius 1 is 1.09 bits per heavy atom. The van der Waals surface area contributed by atoms with Crippen molar-refractivity contribution in [1.29, 1.82) is 0 Å². The van der Waals surface area contributed by atoms with Crippen LogP contribution in [0.3, 0.4) is 0 Å². The maximum atomic E-state index is 15.2. The summed E-state index contributed by atoms with van der Waals surface area (Å²) in [6, 6.07) is 0. The first-order valence-electron chi connectivity index (χ1n) is 12.5. The molecule has 8 heteroatoms. The molecule has 0 amide bonds.